The second-order valence-corrected chi connectivity index (χ2v) is 10.4. The van der Waals surface area contributed by atoms with Crippen LogP contribution in [0.2, 0.25) is 0 Å². The van der Waals surface area contributed by atoms with Crippen molar-refractivity contribution < 1.29 is 22.3 Å². The van der Waals surface area contributed by atoms with E-state index in [1.54, 1.807) is 12.1 Å². The number of H-pyrrole nitrogens is 1. The van der Waals surface area contributed by atoms with Gasteiger partial charge in [0, 0.05) is 18.9 Å². The summed E-state index contributed by atoms with van der Waals surface area (Å²) in [4.78, 5) is 24.7. The van der Waals surface area contributed by atoms with E-state index < -0.39 is 26.9 Å². The number of ether oxygens (including phenoxy) is 2. The zero-order valence-electron chi connectivity index (χ0n) is 18.1. The number of halogens is 1. The molecule has 1 atom stereocenters. The average Bonchev–Trinajstić information content (AvgIpc) is 3.57. The highest BCUT2D eigenvalue weighted by Gasteiger charge is 2.24. The molecule has 1 aromatic heterocycles. The topological polar surface area (TPSA) is 107 Å². The van der Waals surface area contributed by atoms with Crippen LogP contribution in [0.15, 0.2) is 40.1 Å². The summed E-state index contributed by atoms with van der Waals surface area (Å²) in [5.74, 6) is -0.135. The summed E-state index contributed by atoms with van der Waals surface area (Å²) in [6, 6.07) is 5.78. The molecule has 1 fully saturated rings. The lowest BCUT2D eigenvalue weighted by Gasteiger charge is -2.17. The number of hydrogen-bond donors (Lipinski definition) is 1. The van der Waals surface area contributed by atoms with Gasteiger partial charge in [-0.15, -0.1) is 0 Å². The average molecular weight is 469 g/mol. The van der Waals surface area contributed by atoms with Gasteiger partial charge in [0.2, 0.25) is 0 Å². The molecule has 0 unspecified atom stereocenters. The summed E-state index contributed by atoms with van der Waals surface area (Å²) in [5, 5.41) is 0. The Labute approximate surface area is 186 Å². The van der Waals surface area contributed by atoms with E-state index in [0.717, 1.165) is 18.4 Å². The molecule has 1 N–H and O–H groups in total. The van der Waals surface area contributed by atoms with E-state index >= 15 is 0 Å². The van der Waals surface area contributed by atoms with Gasteiger partial charge in [-0.3, -0.25) is 14.3 Å². The van der Waals surface area contributed by atoms with Crippen molar-refractivity contribution in [1.82, 2.24) is 9.55 Å². The Hall–Kier alpha value is -2.46. The van der Waals surface area contributed by atoms with Crippen molar-refractivity contribution in [3.8, 4) is 5.75 Å². The fraction of sp³-hybridized carbons (Fsp3) is 0.545. The third-order valence-electron chi connectivity index (χ3n) is 5.42. The Morgan fingerprint density at radius 2 is 2.03 bits per heavy atom. The molecule has 0 bridgehead atoms. The predicted octanol–water partition coefficient (Wildman–Crippen LogP) is 2.44. The van der Waals surface area contributed by atoms with Crippen LogP contribution in [0.4, 0.5) is 4.39 Å². The minimum Gasteiger partial charge on any atom is -0.490 e. The zero-order chi connectivity index (χ0) is 23.1. The maximum Gasteiger partial charge on any atom is 0.330 e. The second-order valence-electron chi connectivity index (χ2n) is 8.13. The van der Waals surface area contributed by atoms with Crippen molar-refractivity contribution in [2.24, 2.45) is 5.92 Å². The third-order valence-corrected chi connectivity index (χ3v) is 7.24. The van der Waals surface area contributed by atoms with E-state index in [1.807, 2.05) is 6.92 Å². The highest BCUT2D eigenvalue weighted by atomic mass is 32.2. The predicted molar refractivity (Wildman–Crippen MR) is 118 cm³/mol. The normalized spacial score (nSPS) is 14.9. The molecule has 176 valence electrons. The largest absolute Gasteiger partial charge is 0.490 e. The Bertz CT molecular complexity index is 1120. The first-order chi connectivity index (χ1) is 15.3. The number of aromatic amines is 1. The van der Waals surface area contributed by atoms with Gasteiger partial charge in [0.25, 0.3) is 5.56 Å². The van der Waals surface area contributed by atoms with Crippen molar-refractivity contribution in [2.45, 2.75) is 45.3 Å². The molecular weight excluding hydrogens is 439 g/mol. The molecular formula is C22H29FN2O6S. The van der Waals surface area contributed by atoms with Crippen molar-refractivity contribution in [2.75, 3.05) is 24.7 Å². The molecule has 32 heavy (non-hydrogen) atoms. The number of nitrogens with one attached hydrogen (secondary N) is 1. The van der Waals surface area contributed by atoms with Crippen LogP contribution in [-0.2, 0) is 21.3 Å². The fourth-order valence-corrected chi connectivity index (χ4v) is 5.07. The SMILES string of the molecule is CC[C@@H](CS(=O)(=O)CCCOCn1ccc(=O)[nH]c1=O)c1ccc(F)c(OCC2CC2)c1. The lowest BCUT2D eigenvalue weighted by molar-refractivity contribution is 0.0745. The Kier molecular flexibility index (Phi) is 8.25. The van der Waals surface area contributed by atoms with Gasteiger partial charge < -0.3 is 9.47 Å². The van der Waals surface area contributed by atoms with E-state index in [4.69, 9.17) is 9.47 Å². The molecule has 1 saturated carbocycles. The van der Waals surface area contributed by atoms with Crippen LogP contribution in [-0.4, -0.2) is 42.7 Å². The molecule has 8 nitrogen and oxygen atoms in total. The Morgan fingerprint density at radius 3 is 2.72 bits per heavy atom. The monoisotopic (exact) mass is 468 g/mol. The lowest BCUT2D eigenvalue weighted by Crippen LogP contribution is -2.29. The van der Waals surface area contributed by atoms with Crippen molar-refractivity contribution in [3.63, 3.8) is 0 Å². The van der Waals surface area contributed by atoms with Gasteiger partial charge in [0.15, 0.2) is 21.4 Å². The van der Waals surface area contributed by atoms with Gasteiger partial charge in [-0.2, -0.15) is 0 Å². The molecule has 0 saturated heterocycles. The van der Waals surface area contributed by atoms with Gasteiger partial charge in [-0.05, 0) is 55.2 Å². The van der Waals surface area contributed by atoms with Gasteiger partial charge in [-0.1, -0.05) is 13.0 Å². The molecule has 1 aliphatic carbocycles. The van der Waals surface area contributed by atoms with Crippen molar-refractivity contribution in [1.29, 1.82) is 0 Å². The first-order valence-corrected chi connectivity index (χ1v) is 12.6. The van der Waals surface area contributed by atoms with Crippen LogP contribution in [0.3, 0.4) is 0 Å². The molecule has 2 aromatic rings. The molecule has 1 aromatic carbocycles. The number of rotatable bonds is 13. The van der Waals surface area contributed by atoms with E-state index in [0.29, 0.717) is 18.9 Å². The molecule has 0 spiro atoms. The van der Waals surface area contributed by atoms with Crippen LogP contribution in [0.5, 0.6) is 5.75 Å². The number of aromatic nitrogens is 2. The number of nitrogens with zero attached hydrogens (tertiary/aromatic N) is 1. The lowest BCUT2D eigenvalue weighted by atomic mass is 9.98. The van der Waals surface area contributed by atoms with Crippen LogP contribution < -0.4 is 16.0 Å². The molecule has 10 heteroatoms. The van der Waals surface area contributed by atoms with E-state index in [1.165, 1.54) is 22.9 Å². The van der Waals surface area contributed by atoms with Gasteiger partial charge >= 0.3 is 5.69 Å². The van der Waals surface area contributed by atoms with Crippen LogP contribution >= 0.6 is 0 Å². The third kappa shape index (κ3) is 7.30. The summed E-state index contributed by atoms with van der Waals surface area (Å²) in [5.41, 5.74) is -0.335. The van der Waals surface area contributed by atoms with Crippen LogP contribution in [0, 0.1) is 11.7 Å². The van der Waals surface area contributed by atoms with E-state index in [2.05, 4.69) is 4.98 Å². The zero-order valence-corrected chi connectivity index (χ0v) is 18.9. The van der Waals surface area contributed by atoms with Crippen LogP contribution in [0.25, 0.3) is 0 Å². The van der Waals surface area contributed by atoms with Crippen molar-refractivity contribution in [3.05, 3.63) is 62.7 Å². The fourth-order valence-electron chi connectivity index (χ4n) is 3.31. The summed E-state index contributed by atoms with van der Waals surface area (Å²) in [7, 11) is -3.37. The molecule has 1 aliphatic rings. The maximum atomic E-state index is 14.1. The molecule has 1 heterocycles. The van der Waals surface area contributed by atoms with Crippen molar-refractivity contribution >= 4 is 9.84 Å². The smallest absolute Gasteiger partial charge is 0.330 e. The van der Waals surface area contributed by atoms with Gasteiger partial charge in [0.05, 0.1) is 18.1 Å². The number of benzene rings is 1. The molecule has 0 radical (unpaired) electrons. The number of hydrogen-bond acceptors (Lipinski definition) is 6. The molecule has 3 rings (SSSR count). The minimum absolute atomic E-state index is 0.0451. The Balaban J connectivity index is 1.49. The molecule has 0 amide bonds. The first-order valence-electron chi connectivity index (χ1n) is 10.8. The first kappa shape index (κ1) is 24.2. The summed E-state index contributed by atoms with van der Waals surface area (Å²) < 4.78 is 51.4. The maximum absolute atomic E-state index is 14.1. The highest BCUT2D eigenvalue weighted by Crippen LogP contribution is 2.32. The van der Waals surface area contributed by atoms with Gasteiger partial charge in [-0.25, -0.2) is 17.6 Å². The van der Waals surface area contributed by atoms with Gasteiger partial charge in [0.1, 0.15) is 6.73 Å². The van der Waals surface area contributed by atoms with E-state index in [-0.39, 0.29) is 42.9 Å². The summed E-state index contributed by atoms with van der Waals surface area (Å²) >= 11 is 0. The standard InChI is InChI=1S/C22H29FN2O6S/c1-2-17(18-6-7-19(23)20(12-18)31-13-16-4-5-16)14-32(28,29)11-3-10-30-15-25-9-8-21(26)24-22(25)27/h6-9,12,16-17H,2-5,10-11,13-15H2,1H3,(H,24,26,27)/t17-/m0/s1. The quantitative estimate of drug-likeness (QED) is 0.453. The van der Waals surface area contributed by atoms with Crippen LogP contribution in [0.1, 0.15) is 44.1 Å². The summed E-state index contributed by atoms with van der Waals surface area (Å²) in [6.45, 7) is 2.46. The number of sulfone groups is 1. The summed E-state index contributed by atoms with van der Waals surface area (Å²) in [6.07, 6.45) is 4.38. The second kappa shape index (κ2) is 10.9. The molecule has 0 aliphatic heterocycles. The minimum atomic E-state index is -3.37. The Morgan fingerprint density at radius 1 is 1.25 bits per heavy atom. The highest BCUT2D eigenvalue weighted by molar-refractivity contribution is 7.91. The van der Waals surface area contributed by atoms with E-state index in [9.17, 15) is 22.4 Å².